The smallest absolute Gasteiger partial charge is 0.100 e. The summed E-state index contributed by atoms with van der Waals surface area (Å²) in [5.41, 5.74) is 8.14. The number of aryl methyl sites for hydroxylation is 2. The quantitative estimate of drug-likeness (QED) is 0.640. The third kappa shape index (κ3) is 1.35. The lowest BCUT2D eigenvalue weighted by molar-refractivity contribution is 0.604. The van der Waals surface area contributed by atoms with Crippen molar-refractivity contribution in [2.75, 3.05) is 0 Å². The lowest BCUT2D eigenvalue weighted by Crippen LogP contribution is -2.17. The summed E-state index contributed by atoms with van der Waals surface area (Å²) in [5.74, 6) is 0. The maximum atomic E-state index is 5.79. The Balaban J connectivity index is 3.09. The number of hydrogen-bond donors (Lipinski definition) is 1. The average Bonchev–Trinajstić information content (AvgIpc) is 2.30. The molecule has 0 aliphatic carbocycles. The van der Waals surface area contributed by atoms with Gasteiger partial charge >= 0.3 is 0 Å². The van der Waals surface area contributed by atoms with Crippen LogP contribution in [-0.4, -0.2) is 4.57 Å². The molecule has 0 saturated heterocycles. The van der Waals surface area contributed by atoms with Crippen LogP contribution in [0.5, 0.6) is 0 Å². The summed E-state index contributed by atoms with van der Waals surface area (Å²) in [4.78, 5) is 0. The van der Waals surface area contributed by atoms with Crippen LogP contribution in [0.1, 0.15) is 17.6 Å². The van der Waals surface area contributed by atoms with Crippen LogP contribution in [0.2, 0.25) is 0 Å². The summed E-state index contributed by atoms with van der Waals surface area (Å²) in [5, 5.41) is 0. The van der Waals surface area contributed by atoms with E-state index in [9.17, 15) is 0 Å². The zero-order valence-electron chi connectivity index (χ0n) is 7.04. The summed E-state index contributed by atoms with van der Waals surface area (Å²) in [6.07, 6.45) is 1.64. The van der Waals surface area contributed by atoms with Crippen LogP contribution in [0.25, 0.3) is 0 Å². The predicted molar refractivity (Wildman–Crippen MR) is 47.3 cm³/mol. The van der Waals surface area contributed by atoms with Crippen molar-refractivity contribution in [2.24, 2.45) is 5.73 Å². The van der Waals surface area contributed by atoms with Crippen LogP contribution in [0.4, 0.5) is 0 Å². The van der Waals surface area contributed by atoms with E-state index in [4.69, 9.17) is 5.73 Å². The minimum Gasteiger partial charge on any atom is -0.330 e. The van der Waals surface area contributed by atoms with Gasteiger partial charge in [0.1, 0.15) is 6.17 Å². The van der Waals surface area contributed by atoms with E-state index < -0.39 is 0 Å². The van der Waals surface area contributed by atoms with Gasteiger partial charge in [-0.05, 0) is 26.0 Å². The van der Waals surface area contributed by atoms with Gasteiger partial charge in [0.05, 0.1) is 0 Å². The number of hydrogen-bond acceptors (Lipinski definition) is 1. The fraction of sp³-hybridized carbons (Fsp3) is 0.333. The van der Waals surface area contributed by atoms with Crippen LogP contribution in [-0.2, 0) is 0 Å². The molecule has 0 bridgehead atoms. The van der Waals surface area contributed by atoms with Crippen LogP contribution in [0.15, 0.2) is 24.8 Å². The molecular weight excluding hydrogens is 136 g/mol. The van der Waals surface area contributed by atoms with Crippen molar-refractivity contribution in [3.63, 3.8) is 0 Å². The third-order valence-corrected chi connectivity index (χ3v) is 1.87. The molecule has 1 atom stereocenters. The Morgan fingerprint density at radius 1 is 1.45 bits per heavy atom. The first-order chi connectivity index (χ1) is 5.16. The van der Waals surface area contributed by atoms with Gasteiger partial charge in [-0.25, -0.2) is 0 Å². The van der Waals surface area contributed by atoms with Crippen molar-refractivity contribution in [3.05, 3.63) is 36.2 Å². The first-order valence-corrected chi connectivity index (χ1v) is 3.69. The molecule has 2 heteroatoms. The van der Waals surface area contributed by atoms with Gasteiger partial charge in [-0.2, -0.15) is 0 Å². The van der Waals surface area contributed by atoms with Crippen LogP contribution in [0, 0.1) is 13.8 Å². The lowest BCUT2D eigenvalue weighted by atomic mass is 10.4. The summed E-state index contributed by atoms with van der Waals surface area (Å²) in [7, 11) is 0. The van der Waals surface area contributed by atoms with E-state index in [2.05, 4.69) is 18.7 Å². The third-order valence-electron chi connectivity index (χ3n) is 1.87. The van der Waals surface area contributed by atoms with Gasteiger partial charge in [0.2, 0.25) is 0 Å². The van der Waals surface area contributed by atoms with E-state index in [1.54, 1.807) is 6.08 Å². The lowest BCUT2D eigenvalue weighted by Gasteiger charge is -2.13. The van der Waals surface area contributed by atoms with E-state index in [0.29, 0.717) is 0 Å². The molecule has 0 saturated carbocycles. The van der Waals surface area contributed by atoms with Gasteiger partial charge in [-0.1, -0.05) is 12.7 Å². The second kappa shape index (κ2) is 2.93. The maximum absolute atomic E-state index is 5.79. The molecule has 1 aromatic heterocycles. The van der Waals surface area contributed by atoms with Gasteiger partial charge in [-0.3, -0.25) is 0 Å². The topological polar surface area (TPSA) is 30.9 Å². The molecule has 0 aliphatic rings. The van der Waals surface area contributed by atoms with Gasteiger partial charge < -0.3 is 10.3 Å². The molecule has 0 aromatic carbocycles. The largest absolute Gasteiger partial charge is 0.330 e. The summed E-state index contributed by atoms with van der Waals surface area (Å²) < 4.78 is 2.05. The Labute approximate surface area is 67.3 Å². The number of nitrogens with two attached hydrogens (primary N) is 1. The molecule has 0 spiro atoms. The summed E-state index contributed by atoms with van der Waals surface area (Å²) in [6.45, 7) is 7.73. The van der Waals surface area contributed by atoms with Crippen molar-refractivity contribution >= 4 is 0 Å². The minimum atomic E-state index is -0.0926. The molecule has 0 radical (unpaired) electrons. The fourth-order valence-electron chi connectivity index (χ4n) is 1.26. The zero-order chi connectivity index (χ0) is 8.43. The van der Waals surface area contributed by atoms with E-state index in [-0.39, 0.29) is 6.17 Å². The Hall–Kier alpha value is -1.02. The van der Waals surface area contributed by atoms with Crippen molar-refractivity contribution < 1.29 is 0 Å². The highest BCUT2D eigenvalue weighted by Crippen LogP contribution is 2.11. The Morgan fingerprint density at radius 2 is 1.91 bits per heavy atom. The molecule has 1 unspecified atom stereocenters. The normalized spacial score (nSPS) is 13.0. The van der Waals surface area contributed by atoms with Crippen molar-refractivity contribution in [3.8, 4) is 0 Å². The highest BCUT2D eigenvalue weighted by molar-refractivity contribution is 5.15. The van der Waals surface area contributed by atoms with Crippen molar-refractivity contribution in [2.45, 2.75) is 20.0 Å². The van der Waals surface area contributed by atoms with Crippen molar-refractivity contribution in [1.82, 2.24) is 4.57 Å². The Bertz CT molecular complexity index is 241. The van der Waals surface area contributed by atoms with Crippen molar-refractivity contribution in [1.29, 1.82) is 0 Å². The fourth-order valence-corrected chi connectivity index (χ4v) is 1.26. The molecule has 2 nitrogen and oxygen atoms in total. The number of nitrogens with zero attached hydrogens (tertiary/aromatic N) is 1. The standard InChI is InChI=1S/C9H14N2/c1-4-9(10)11-7(2)5-6-8(11)3/h4-6,9H,1,10H2,2-3H3. The Morgan fingerprint density at radius 3 is 2.27 bits per heavy atom. The first kappa shape index (κ1) is 8.08. The average molecular weight is 150 g/mol. The highest BCUT2D eigenvalue weighted by atomic mass is 15.1. The van der Waals surface area contributed by atoms with Gasteiger partial charge in [0.25, 0.3) is 0 Å². The van der Waals surface area contributed by atoms with Gasteiger partial charge in [-0.15, -0.1) is 0 Å². The number of aromatic nitrogens is 1. The van der Waals surface area contributed by atoms with Crippen LogP contribution in [0.3, 0.4) is 0 Å². The minimum absolute atomic E-state index is 0.0926. The summed E-state index contributed by atoms with van der Waals surface area (Å²) in [6, 6.07) is 4.11. The van der Waals surface area contributed by atoms with E-state index in [1.165, 1.54) is 11.4 Å². The second-order valence-corrected chi connectivity index (χ2v) is 2.71. The summed E-state index contributed by atoms with van der Waals surface area (Å²) >= 11 is 0. The zero-order valence-corrected chi connectivity index (χ0v) is 7.04. The van der Waals surface area contributed by atoms with E-state index >= 15 is 0 Å². The molecule has 0 amide bonds. The molecule has 0 fully saturated rings. The van der Waals surface area contributed by atoms with Crippen LogP contribution >= 0.6 is 0 Å². The maximum Gasteiger partial charge on any atom is 0.100 e. The molecule has 2 N–H and O–H groups in total. The molecule has 60 valence electrons. The first-order valence-electron chi connectivity index (χ1n) is 3.69. The predicted octanol–water partition coefficient (Wildman–Crippen LogP) is 1.75. The van der Waals surface area contributed by atoms with E-state index in [0.717, 1.165) is 0 Å². The molecular formula is C9H14N2. The number of rotatable bonds is 2. The van der Waals surface area contributed by atoms with Gasteiger partial charge in [0, 0.05) is 11.4 Å². The van der Waals surface area contributed by atoms with Crippen LogP contribution < -0.4 is 5.73 Å². The Kier molecular flexibility index (Phi) is 2.15. The molecule has 0 aliphatic heterocycles. The highest BCUT2D eigenvalue weighted by Gasteiger charge is 2.04. The monoisotopic (exact) mass is 150 g/mol. The van der Waals surface area contributed by atoms with E-state index in [1.807, 2.05) is 18.4 Å². The molecule has 1 aromatic rings. The molecule has 11 heavy (non-hydrogen) atoms. The van der Waals surface area contributed by atoms with Gasteiger partial charge in [0.15, 0.2) is 0 Å². The second-order valence-electron chi connectivity index (χ2n) is 2.71. The molecule has 1 heterocycles. The SMILES string of the molecule is C=CC(N)n1c(C)ccc1C. The molecule has 1 rings (SSSR count).